The van der Waals surface area contributed by atoms with Crippen molar-refractivity contribution in [3.63, 3.8) is 0 Å². The summed E-state index contributed by atoms with van der Waals surface area (Å²) in [7, 11) is 4.79. The zero-order chi connectivity index (χ0) is 71.9. The van der Waals surface area contributed by atoms with E-state index < -0.39 is 29.9 Å². The van der Waals surface area contributed by atoms with Gasteiger partial charge in [-0.1, -0.05) is 125 Å². The standard InChI is InChI=1S/C33H28Cl4N6O6.C21H19N5O3S.C9H12O2.C9H12/c1-16-11-21(7-9-26(16)44)49-17(2)32(45)38-19-5-8-22(35)25(14-19)39-31-29(41-40-20-6-10-27(47-3)28(15-20)48-4)33(46)43(42-31)30-23(36)12-18(34)13-24(30)37;1-12-9-13(11-30-21-23-24-25-26(21)2)7-8-17(12)29-18-10-16(20(22)28)19(27)15-6-4-3-5-14(15)18;1-3-7-5-8(10)6(2)4-9(7)11;1-7-4-5-8(2)9(3)6-7/h5-15,17,29,44H,1-4H3,(H,38,45)(H,39,42);3-10,27H,11H2,1-2H3,(H2,22,28);4-5,10-11H,3H2,1-2H3;4-6H,1-3H3. The van der Waals surface area contributed by atoms with Gasteiger partial charge < -0.3 is 50.4 Å². The number of amides is 3. The maximum Gasteiger partial charge on any atom is 0.280 e. The molecule has 9 aromatic carbocycles. The predicted octanol–water partition coefficient (Wildman–Crippen LogP) is 16.6. The Morgan fingerprint density at radius 2 is 1.40 bits per heavy atom. The molecule has 0 bridgehead atoms. The summed E-state index contributed by atoms with van der Waals surface area (Å²) in [6, 6.07) is 40.0. The van der Waals surface area contributed by atoms with Crippen LogP contribution in [0.2, 0.25) is 20.1 Å². The molecule has 99 heavy (non-hydrogen) atoms. The van der Waals surface area contributed by atoms with Gasteiger partial charge in [0.1, 0.15) is 45.9 Å². The highest BCUT2D eigenvalue weighted by atomic mass is 35.5. The van der Waals surface area contributed by atoms with Crippen LogP contribution in [-0.2, 0) is 28.8 Å². The maximum absolute atomic E-state index is 13.8. The number of nitrogens with zero attached hydrogens (tertiary/aromatic N) is 8. The van der Waals surface area contributed by atoms with E-state index in [-0.39, 0.29) is 65.9 Å². The lowest BCUT2D eigenvalue weighted by Crippen LogP contribution is -2.36. The van der Waals surface area contributed by atoms with Gasteiger partial charge in [0.05, 0.1) is 46.2 Å². The number of hydrogen-bond donors (Lipinski definition) is 7. The van der Waals surface area contributed by atoms with E-state index in [1.807, 2.05) is 44.2 Å². The van der Waals surface area contributed by atoms with Gasteiger partial charge in [-0.15, -0.1) is 5.10 Å². The number of aliphatic imine (C=N–C) groups is 1. The molecule has 0 aliphatic carbocycles. The number of phenols is 4. The van der Waals surface area contributed by atoms with Crippen molar-refractivity contribution in [3.8, 4) is 51.7 Å². The number of tetrazole rings is 1. The predicted molar refractivity (Wildman–Crippen MR) is 388 cm³/mol. The number of fused-ring (bicyclic) bond motifs is 1. The van der Waals surface area contributed by atoms with Crippen LogP contribution in [0.25, 0.3) is 10.8 Å². The van der Waals surface area contributed by atoms with Crippen molar-refractivity contribution in [1.82, 2.24) is 25.6 Å². The van der Waals surface area contributed by atoms with Crippen LogP contribution in [0, 0.1) is 41.5 Å². The SMILES string of the molecule is CCc1cc(O)c(C)cc1O.COc1ccc(N=NC2C(=O)N(c3c(Cl)cc(Cl)cc3Cl)NC2=Nc2cc(NC(=O)C(C)Oc3ccc(O)c(C)c3)ccc2Cl)cc1OC.Cc1cc(CSc2nnnn2C)ccc1Oc1cc(C(N)=O)c(O)c2ccccc12.Cc1ccc(C)c(C)c1. The third-order valence-electron chi connectivity index (χ3n) is 15.2. The van der Waals surface area contributed by atoms with Gasteiger partial charge in [0.2, 0.25) is 11.2 Å². The number of benzene rings is 9. The Balaban J connectivity index is 0.000000208. The van der Waals surface area contributed by atoms with Crippen molar-refractivity contribution >= 4 is 115 Å². The molecule has 22 nitrogen and oxygen atoms in total. The van der Waals surface area contributed by atoms with Crippen LogP contribution in [0.4, 0.5) is 22.7 Å². The molecule has 8 N–H and O–H groups in total. The number of thioether (sulfide) groups is 1. The van der Waals surface area contributed by atoms with Gasteiger partial charge >= 0.3 is 0 Å². The number of carbonyl (C=O) groups is 3. The summed E-state index contributed by atoms with van der Waals surface area (Å²) in [4.78, 5) is 43.2. The Morgan fingerprint density at radius 1 is 0.707 bits per heavy atom. The lowest BCUT2D eigenvalue weighted by atomic mass is 10.0. The highest BCUT2D eigenvalue weighted by Crippen LogP contribution is 2.41. The van der Waals surface area contributed by atoms with Crippen molar-refractivity contribution in [2.24, 2.45) is 28.0 Å². The van der Waals surface area contributed by atoms with Crippen molar-refractivity contribution in [1.29, 1.82) is 0 Å². The number of carbonyl (C=O) groups excluding carboxylic acids is 3. The normalized spacial score (nSPS) is 13.1. The maximum atomic E-state index is 13.8. The molecule has 10 aromatic rings. The number of methoxy groups -OCH3 is 2. The first kappa shape index (κ1) is 74.5. The molecule has 2 atom stereocenters. The summed E-state index contributed by atoms with van der Waals surface area (Å²) in [5.41, 5.74) is 17.6. The lowest BCUT2D eigenvalue weighted by Gasteiger charge is -2.19. The molecule has 514 valence electrons. The number of halogens is 4. The minimum Gasteiger partial charge on any atom is -0.508 e. The number of aryl methyl sites for hydroxylation is 8. The number of rotatable bonds is 17. The second kappa shape index (κ2) is 33.8. The van der Waals surface area contributed by atoms with Crippen LogP contribution in [0.1, 0.15) is 68.7 Å². The monoisotopic (exact) mass is 1440 g/mol. The molecule has 1 aromatic heterocycles. The fraction of sp³-hybridized carbons (Fsp3) is 0.208. The molecule has 0 saturated carbocycles. The molecule has 3 amide bonds. The summed E-state index contributed by atoms with van der Waals surface area (Å²) < 4.78 is 24.1. The van der Waals surface area contributed by atoms with Gasteiger partial charge in [-0.3, -0.25) is 19.8 Å². The van der Waals surface area contributed by atoms with Gasteiger partial charge in [-0.05, 0) is 189 Å². The van der Waals surface area contributed by atoms with Gasteiger partial charge in [-0.25, -0.2) is 14.7 Å². The summed E-state index contributed by atoms with van der Waals surface area (Å²) in [5, 5.41) is 65.2. The Hall–Kier alpha value is -10.3. The number of ether oxygens (including phenoxy) is 4. The number of nitrogens with one attached hydrogen (secondary N) is 2. The van der Waals surface area contributed by atoms with Crippen molar-refractivity contribution in [3.05, 3.63) is 216 Å². The number of phenolic OH excluding ortho intramolecular Hbond substituents is 3. The molecule has 0 radical (unpaired) electrons. The Kier molecular flexibility index (Phi) is 25.4. The van der Waals surface area contributed by atoms with Gasteiger partial charge in [0.25, 0.3) is 17.7 Å². The molecule has 2 heterocycles. The van der Waals surface area contributed by atoms with Gasteiger partial charge in [-0.2, -0.15) is 10.2 Å². The van der Waals surface area contributed by atoms with Crippen LogP contribution >= 0.6 is 58.2 Å². The first-order chi connectivity index (χ1) is 47.2. The molecule has 2 unspecified atom stereocenters. The highest BCUT2D eigenvalue weighted by molar-refractivity contribution is 7.98. The molecular weight excluding hydrogens is 1370 g/mol. The second-order valence-electron chi connectivity index (χ2n) is 22.5. The van der Waals surface area contributed by atoms with E-state index >= 15 is 0 Å². The third-order valence-corrected chi connectivity index (χ3v) is 17.4. The van der Waals surface area contributed by atoms with Gasteiger partial charge in [0, 0.05) is 40.3 Å². The average molecular weight is 1440 g/mol. The Labute approximate surface area is 595 Å². The van der Waals surface area contributed by atoms with E-state index in [1.165, 1.54) is 67.3 Å². The van der Waals surface area contributed by atoms with Crippen LogP contribution in [0.3, 0.4) is 0 Å². The van der Waals surface area contributed by atoms with E-state index in [0.717, 1.165) is 33.3 Å². The minimum absolute atomic E-state index is 0.0201. The first-order valence-electron chi connectivity index (χ1n) is 30.4. The average Bonchev–Trinajstić information content (AvgIpc) is 1.77. The number of anilines is 2. The van der Waals surface area contributed by atoms with E-state index in [9.17, 15) is 34.8 Å². The number of aromatic hydroxyl groups is 4. The molecular formula is C72H71Cl4N11O11S. The summed E-state index contributed by atoms with van der Waals surface area (Å²) in [5.74, 6) is 1.85. The van der Waals surface area contributed by atoms with E-state index in [1.54, 1.807) is 105 Å². The zero-order valence-electron chi connectivity index (χ0n) is 55.6. The Bertz CT molecular complexity index is 4690. The smallest absolute Gasteiger partial charge is 0.280 e. The summed E-state index contributed by atoms with van der Waals surface area (Å²) >= 11 is 27.1. The molecule has 0 spiro atoms. The number of nitrogens with two attached hydrogens (primary N) is 1. The van der Waals surface area contributed by atoms with Gasteiger partial charge in [0.15, 0.2) is 23.4 Å². The molecule has 1 aliphatic heterocycles. The lowest BCUT2D eigenvalue weighted by molar-refractivity contribution is -0.122. The second-order valence-corrected chi connectivity index (χ2v) is 25.1. The quantitative estimate of drug-likeness (QED) is 0.0253. The summed E-state index contributed by atoms with van der Waals surface area (Å²) in [6.45, 7) is 15.3. The van der Waals surface area contributed by atoms with Crippen LogP contribution in [-0.4, -0.2) is 90.6 Å². The zero-order valence-corrected chi connectivity index (χ0v) is 59.5. The topological polar surface area (TPSA) is 303 Å². The molecule has 27 heteroatoms. The Morgan fingerprint density at radius 3 is 2.04 bits per heavy atom. The molecule has 1 saturated heterocycles. The van der Waals surface area contributed by atoms with Crippen LogP contribution in [0.5, 0.6) is 51.7 Å². The van der Waals surface area contributed by atoms with Crippen LogP contribution < -0.4 is 40.4 Å². The number of hydrogen-bond acceptors (Lipinski definition) is 18. The van der Waals surface area contributed by atoms with Crippen molar-refractivity contribution in [2.75, 3.05) is 24.5 Å². The number of hydrazine groups is 1. The van der Waals surface area contributed by atoms with E-state index in [4.69, 9.17) is 71.1 Å². The number of amidine groups is 1. The first-order valence-corrected chi connectivity index (χ1v) is 32.9. The minimum atomic E-state index is -1.30. The van der Waals surface area contributed by atoms with Crippen molar-refractivity contribution < 1.29 is 53.8 Å². The summed E-state index contributed by atoms with van der Waals surface area (Å²) in [6.07, 6.45) is -0.160. The fourth-order valence-electron chi connectivity index (χ4n) is 9.62. The molecule has 1 aliphatic rings. The number of azo groups is 1. The molecule has 1 fully saturated rings. The third kappa shape index (κ3) is 19.1. The number of primary amides is 1. The highest BCUT2D eigenvalue weighted by Gasteiger charge is 2.41. The van der Waals surface area contributed by atoms with E-state index in [2.05, 4.69) is 80.5 Å². The number of aromatic nitrogens is 4. The fourth-order valence-corrected chi connectivity index (χ4v) is 11.6. The largest absolute Gasteiger partial charge is 0.508 e. The van der Waals surface area contributed by atoms with E-state index in [0.29, 0.717) is 67.8 Å². The molecule has 11 rings (SSSR count). The van der Waals surface area contributed by atoms with Crippen molar-refractivity contribution in [2.45, 2.75) is 84.9 Å². The van der Waals surface area contributed by atoms with Crippen LogP contribution in [0.15, 0.2) is 166 Å².